The van der Waals surface area contributed by atoms with E-state index in [-0.39, 0.29) is 29.4 Å². The van der Waals surface area contributed by atoms with Gasteiger partial charge in [-0.25, -0.2) is 4.98 Å². The van der Waals surface area contributed by atoms with Crippen LogP contribution in [0.25, 0.3) is 0 Å². The molecule has 3 rings (SSSR count). The normalized spacial score (nSPS) is 12.0. The number of nitrogens with zero attached hydrogens (tertiary/aromatic N) is 1. The molecule has 0 fully saturated rings. The minimum absolute atomic E-state index is 0.143. The van der Waals surface area contributed by atoms with E-state index < -0.39 is 11.7 Å². The lowest BCUT2D eigenvalue weighted by Gasteiger charge is -2.23. The number of alkyl halides is 3. The molecule has 0 atom stereocenters. The molecule has 0 bridgehead atoms. The van der Waals surface area contributed by atoms with E-state index in [1.165, 1.54) is 29.7 Å². The van der Waals surface area contributed by atoms with Gasteiger partial charge in [0, 0.05) is 17.5 Å². The number of halogens is 4. The van der Waals surface area contributed by atoms with Gasteiger partial charge >= 0.3 is 6.18 Å². The Morgan fingerprint density at radius 1 is 1.12 bits per heavy atom. The Labute approximate surface area is 199 Å². The van der Waals surface area contributed by atoms with Gasteiger partial charge in [-0.2, -0.15) is 13.2 Å². The summed E-state index contributed by atoms with van der Waals surface area (Å²) in [5, 5.41) is 2.68. The largest absolute Gasteiger partial charge is 0.483 e. The van der Waals surface area contributed by atoms with Crippen molar-refractivity contribution in [1.29, 1.82) is 0 Å². The molecule has 176 valence electrons. The fraction of sp³-hybridized carbons (Fsp3) is 0.333. The number of hydrogen-bond donors (Lipinski definition) is 1. The molecule has 0 unspecified atom stereocenters. The average Bonchev–Trinajstić information content (AvgIpc) is 3.13. The number of ether oxygens (including phenoxy) is 1. The third kappa shape index (κ3) is 6.71. The van der Waals surface area contributed by atoms with Gasteiger partial charge in [0.15, 0.2) is 11.7 Å². The molecule has 3 aromatic rings. The Bertz CT molecular complexity index is 1150. The Hall–Kier alpha value is -2.58. The van der Waals surface area contributed by atoms with Gasteiger partial charge in [0.2, 0.25) is 0 Å². The fourth-order valence-electron chi connectivity index (χ4n) is 3.20. The lowest BCUT2D eigenvalue weighted by molar-refractivity contribution is -0.137. The highest BCUT2D eigenvalue weighted by atomic mass is 35.5. The zero-order valence-electron chi connectivity index (χ0n) is 18.6. The Morgan fingerprint density at radius 3 is 2.52 bits per heavy atom. The van der Waals surface area contributed by atoms with Gasteiger partial charge in [-0.05, 0) is 41.7 Å². The molecule has 0 saturated heterocycles. The first-order valence-corrected chi connectivity index (χ1v) is 11.4. The van der Waals surface area contributed by atoms with E-state index in [0.717, 1.165) is 17.2 Å². The number of aromatic nitrogens is 1. The molecule has 0 spiro atoms. The van der Waals surface area contributed by atoms with Crippen LogP contribution in [0.3, 0.4) is 0 Å². The second-order valence-electron chi connectivity index (χ2n) is 8.71. The van der Waals surface area contributed by atoms with Crippen molar-refractivity contribution < 1.29 is 22.7 Å². The maximum absolute atomic E-state index is 13.1. The van der Waals surface area contributed by atoms with Crippen LogP contribution in [-0.4, -0.2) is 17.5 Å². The van der Waals surface area contributed by atoms with E-state index >= 15 is 0 Å². The highest BCUT2D eigenvalue weighted by molar-refractivity contribution is 7.15. The van der Waals surface area contributed by atoms with Crippen molar-refractivity contribution in [3.8, 4) is 5.75 Å². The Morgan fingerprint density at radius 2 is 1.85 bits per heavy atom. The number of anilines is 1. The summed E-state index contributed by atoms with van der Waals surface area (Å²) in [5.41, 5.74) is 1.55. The molecule has 1 aromatic heterocycles. The summed E-state index contributed by atoms with van der Waals surface area (Å²) in [7, 11) is 0. The second kappa shape index (κ2) is 9.73. The summed E-state index contributed by atoms with van der Waals surface area (Å²) < 4.78 is 45.0. The summed E-state index contributed by atoms with van der Waals surface area (Å²) in [6, 6.07) is 9.63. The smallest absolute Gasteiger partial charge is 0.417 e. The van der Waals surface area contributed by atoms with Crippen LogP contribution in [0.2, 0.25) is 5.02 Å². The molecule has 0 radical (unpaired) electrons. The molecule has 33 heavy (non-hydrogen) atoms. The fourth-order valence-corrected chi connectivity index (χ4v) is 4.29. The van der Waals surface area contributed by atoms with Gasteiger partial charge in [-0.1, -0.05) is 56.1 Å². The number of benzene rings is 2. The summed E-state index contributed by atoms with van der Waals surface area (Å²) in [4.78, 5) is 17.2. The highest BCUT2D eigenvalue weighted by Gasteiger charge is 2.33. The molecule has 1 heterocycles. The second-order valence-corrected chi connectivity index (χ2v) is 10.2. The average molecular weight is 497 g/mol. The molecular weight excluding hydrogens is 473 g/mol. The van der Waals surface area contributed by atoms with Crippen LogP contribution in [-0.2, 0) is 22.8 Å². The zero-order chi connectivity index (χ0) is 24.4. The molecule has 1 amide bonds. The maximum Gasteiger partial charge on any atom is 0.417 e. The minimum atomic E-state index is -4.52. The van der Waals surface area contributed by atoms with Crippen LogP contribution < -0.4 is 10.1 Å². The lowest BCUT2D eigenvalue weighted by Crippen LogP contribution is -2.22. The van der Waals surface area contributed by atoms with E-state index in [9.17, 15) is 18.0 Å². The predicted octanol–water partition coefficient (Wildman–Crippen LogP) is 7.03. The Kier molecular flexibility index (Phi) is 7.39. The van der Waals surface area contributed by atoms with Crippen molar-refractivity contribution in [3.63, 3.8) is 0 Å². The number of carbonyl (C=O) groups excluding carboxylic acids is 1. The van der Waals surface area contributed by atoms with Crippen LogP contribution in [0.1, 0.15) is 47.9 Å². The minimum Gasteiger partial charge on any atom is -0.483 e. The van der Waals surface area contributed by atoms with Crippen molar-refractivity contribution in [1.82, 2.24) is 4.98 Å². The highest BCUT2D eigenvalue weighted by Crippen LogP contribution is 2.36. The first-order valence-electron chi connectivity index (χ1n) is 10.2. The number of aryl methyl sites for hydroxylation is 1. The number of hydrogen-bond acceptors (Lipinski definition) is 4. The maximum atomic E-state index is 13.1. The van der Waals surface area contributed by atoms with Gasteiger partial charge in [-0.3, -0.25) is 10.1 Å². The van der Waals surface area contributed by atoms with E-state index in [4.69, 9.17) is 16.3 Å². The van der Waals surface area contributed by atoms with Crippen LogP contribution in [0, 0.1) is 6.92 Å². The molecular formula is C24H24ClF3N2O2S. The van der Waals surface area contributed by atoms with E-state index in [1.54, 1.807) is 0 Å². The van der Waals surface area contributed by atoms with Crippen molar-refractivity contribution in [3.05, 3.63) is 74.7 Å². The van der Waals surface area contributed by atoms with Crippen molar-refractivity contribution >= 4 is 34.0 Å². The quantitative estimate of drug-likeness (QED) is 0.398. The lowest BCUT2D eigenvalue weighted by atomic mass is 9.85. The van der Waals surface area contributed by atoms with Crippen LogP contribution in [0.15, 0.2) is 42.6 Å². The zero-order valence-corrected chi connectivity index (χ0v) is 20.2. The molecule has 2 aromatic carbocycles. The number of nitrogens with one attached hydrogen (secondary N) is 1. The third-order valence-corrected chi connectivity index (χ3v) is 6.06. The Balaban J connectivity index is 1.62. The summed E-state index contributed by atoms with van der Waals surface area (Å²) in [5.74, 6) is 0.272. The third-order valence-electron chi connectivity index (χ3n) is 4.82. The summed E-state index contributed by atoms with van der Waals surface area (Å²) >= 11 is 6.86. The molecule has 4 nitrogen and oxygen atoms in total. The van der Waals surface area contributed by atoms with Gasteiger partial charge in [0.1, 0.15) is 5.75 Å². The summed E-state index contributed by atoms with van der Waals surface area (Å²) in [6.45, 7) is 8.03. The van der Waals surface area contributed by atoms with E-state index in [2.05, 4.69) is 31.1 Å². The van der Waals surface area contributed by atoms with E-state index in [1.807, 2.05) is 25.1 Å². The van der Waals surface area contributed by atoms with Crippen molar-refractivity contribution in [2.45, 2.75) is 45.7 Å². The van der Waals surface area contributed by atoms with Gasteiger partial charge in [-0.15, -0.1) is 11.3 Å². The molecule has 9 heteroatoms. The van der Waals surface area contributed by atoms with Crippen LogP contribution in [0.4, 0.5) is 18.3 Å². The number of thiazole rings is 1. The van der Waals surface area contributed by atoms with Crippen LogP contribution in [0.5, 0.6) is 5.75 Å². The SMILES string of the molecule is Cc1ccc(OCC(=O)Nc2ncc(Cc3ccc(Cl)c(C(F)(F)F)c3)s2)c(C(C)(C)C)c1. The van der Waals surface area contributed by atoms with Crippen molar-refractivity contribution in [2.24, 2.45) is 0 Å². The molecule has 0 aliphatic rings. The standard InChI is InChI=1S/C24H24ClF3N2O2S/c1-14-5-8-20(18(9-14)23(2,3)4)32-13-21(31)30-22-29-12-16(33-22)10-15-6-7-19(25)17(11-15)24(26,27)28/h5-9,11-12H,10,13H2,1-4H3,(H,29,30,31). The predicted molar refractivity (Wildman–Crippen MR) is 125 cm³/mol. The first kappa shape index (κ1) is 25.1. The number of amides is 1. The monoisotopic (exact) mass is 496 g/mol. The molecule has 0 saturated carbocycles. The number of carbonyl (C=O) groups is 1. The van der Waals surface area contributed by atoms with Gasteiger partial charge in [0.05, 0.1) is 10.6 Å². The number of rotatable bonds is 6. The molecule has 1 N–H and O–H groups in total. The topological polar surface area (TPSA) is 51.2 Å². The van der Waals surface area contributed by atoms with Crippen LogP contribution >= 0.6 is 22.9 Å². The first-order chi connectivity index (χ1) is 15.3. The molecule has 0 aliphatic heterocycles. The van der Waals surface area contributed by atoms with E-state index in [0.29, 0.717) is 21.3 Å². The summed E-state index contributed by atoms with van der Waals surface area (Å²) in [6.07, 6.45) is -2.76. The van der Waals surface area contributed by atoms with Gasteiger partial charge < -0.3 is 4.74 Å². The van der Waals surface area contributed by atoms with Crippen molar-refractivity contribution in [2.75, 3.05) is 11.9 Å². The van der Waals surface area contributed by atoms with Gasteiger partial charge in [0.25, 0.3) is 5.91 Å². The molecule has 0 aliphatic carbocycles.